The molecule has 1 fully saturated rings. The molecule has 0 saturated heterocycles. The first-order valence-electron chi connectivity index (χ1n) is 3.52. The van der Waals surface area contributed by atoms with Gasteiger partial charge in [-0.2, -0.15) is 0 Å². The van der Waals surface area contributed by atoms with Gasteiger partial charge in [-0.1, -0.05) is 0 Å². The molecule has 1 heterocycles. The maximum atomic E-state index is 10.6. The molecule has 2 N–H and O–H groups in total. The van der Waals surface area contributed by atoms with E-state index in [9.17, 15) is 4.79 Å². The number of nitrogens with two attached hydrogens (primary N) is 1. The van der Waals surface area contributed by atoms with Crippen molar-refractivity contribution in [3.63, 3.8) is 0 Å². The Morgan fingerprint density at radius 2 is 2.45 bits per heavy atom. The van der Waals surface area contributed by atoms with E-state index in [1.807, 2.05) is 0 Å². The van der Waals surface area contributed by atoms with E-state index in [1.54, 1.807) is 5.38 Å². The van der Waals surface area contributed by atoms with E-state index in [4.69, 9.17) is 5.73 Å². The summed E-state index contributed by atoms with van der Waals surface area (Å²) < 4.78 is 0. The molecule has 2 rings (SSSR count). The zero-order valence-corrected chi connectivity index (χ0v) is 6.73. The fourth-order valence-electron chi connectivity index (χ4n) is 0.919. The van der Waals surface area contributed by atoms with E-state index < -0.39 is 5.91 Å². The van der Waals surface area contributed by atoms with Crippen LogP contribution in [0.15, 0.2) is 5.38 Å². The Kier molecular flexibility index (Phi) is 1.42. The summed E-state index contributed by atoms with van der Waals surface area (Å²) in [5.74, 6) is 0.196. The third kappa shape index (κ3) is 1.26. The van der Waals surface area contributed by atoms with Crippen molar-refractivity contribution < 1.29 is 4.79 Å². The molecule has 0 aliphatic heterocycles. The van der Waals surface area contributed by atoms with E-state index in [1.165, 1.54) is 24.2 Å². The predicted octanol–water partition coefficient (Wildman–Crippen LogP) is 1.12. The molecule has 0 atom stereocenters. The van der Waals surface area contributed by atoms with Gasteiger partial charge in [0.15, 0.2) is 0 Å². The molecular formula is C7H8N2OS. The van der Waals surface area contributed by atoms with Gasteiger partial charge in [0.05, 0.1) is 5.01 Å². The Hall–Kier alpha value is -0.900. The summed E-state index contributed by atoms with van der Waals surface area (Å²) in [7, 11) is 0. The minimum absolute atomic E-state index is 0.414. The molecule has 1 aromatic rings. The van der Waals surface area contributed by atoms with E-state index in [0.29, 0.717) is 11.6 Å². The Morgan fingerprint density at radius 1 is 1.73 bits per heavy atom. The third-order valence-electron chi connectivity index (χ3n) is 1.70. The maximum Gasteiger partial charge on any atom is 0.268 e. The molecule has 1 saturated carbocycles. The molecule has 4 heteroatoms. The van der Waals surface area contributed by atoms with Crippen LogP contribution < -0.4 is 5.73 Å². The summed E-state index contributed by atoms with van der Waals surface area (Å²) in [6.45, 7) is 0. The van der Waals surface area contributed by atoms with Gasteiger partial charge in [-0.05, 0) is 12.8 Å². The topological polar surface area (TPSA) is 56.0 Å². The average molecular weight is 168 g/mol. The molecule has 1 amide bonds. The van der Waals surface area contributed by atoms with E-state index in [0.717, 1.165) is 5.01 Å². The lowest BCUT2D eigenvalue weighted by atomic mass is 10.4. The standard InChI is InChI=1S/C7H8N2OS/c8-6(10)5-3-11-7(9-5)4-1-2-4/h3-4H,1-2H2,(H2,8,10). The van der Waals surface area contributed by atoms with Crippen molar-refractivity contribution in [3.05, 3.63) is 16.1 Å². The highest BCUT2D eigenvalue weighted by Gasteiger charge is 2.27. The lowest BCUT2D eigenvalue weighted by molar-refractivity contribution is 0.0996. The van der Waals surface area contributed by atoms with Gasteiger partial charge < -0.3 is 5.73 Å². The first-order valence-corrected chi connectivity index (χ1v) is 4.40. The number of thiazole rings is 1. The van der Waals surface area contributed by atoms with Crippen molar-refractivity contribution in [2.24, 2.45) is 5.73 Å². The van der Waals surface area contributed by atoms with Crippen molar-refractivity contribution in [1.82, 2.24) is 4.98 Å². The van der Waals surface area contributed by atoms with Crippen LogP contribution in [-0.4, -0.2) is 10.9 Å². The molecule has 0 unspecified atom stereocenters. The predicted molar refractivity (Wildman–Crippen MR) is 42.6 cm³/mol. The SMILES string of the molecule is NC(=O)c1csc(C2CC2)n1. The molecule has 1 aliphatic rings. The van der Waals surface area contributed by atoms with Crippen LogP contribution in [0, 0.1) is 0 Å². The molecule has 0 radical (unpaired) electrons. The van der Waals surface area contributed by atoms with Crippen LogP contribution in [0.25, 0.3) is 0 Å². The van der Waals surface area contributed by atoms with Crippen LogP contribution in [0.4, 0.5) is 0 Å². The first kappa shape index (κ1) is 6.79. The number of hydrogen-bond acceptors (Lipinski definition) is 3. The average Bonchev–Trinajstić information content (AvgIpc) is 2.68. The first-order chi connectivity index (χ1) is 5.27. The van der Waals surface area contributed by atoms with E-state index >= 15 is 0 Å². The second-order valence-electron chi connectivity index (χ2n) is 2.71. The normalized spacial score (nSPS) is 16.7. The van der Waals surface area contributed by atoms with Crippen LogP contribution in [0.5, 0.6) is 0 Å². The number of amides is 1. The smallest absolute Gasteiger partial charge is 0.268 e. The highest BCUT2D eigenvalue weighted by atomic mass is 32.1. The Morgan fingerprint density at radius 3 is 2.91 bits per heavy atom. The highest BCUT2D eigenvalue weighted by Crippen LogP contribution is 2.41. The fraction of sp³-hybridized carbons (Fsp3) is 0.429. The van der Waals surface area contributed by atoms with Crippen molar-refractivity contribution in [2.75, 3.05) is 0 Å². The monoisotopic (exact) mass is 168 g/mol. The number of carbonyl (C=O) groups excluding carboxylic acids is 1. The Labute approximate surface area is 68.2 Å². The summed E-state index contributed by atoms with van der Waals surface area (Å²) in [5, 5.41) is 2.80. The zero-order valence-electron chi connectivity index (χ0n) is 5.91. The summed E-state index contributed by atoms with van der Waals surface area (Å²) >= 11 is 1.54. The Balaban J connectivity index is 2.25. The van der Waals surface area contributed by atoms with Crippen LogP contribution >= 0.6 is 11.3 Å². The van der Waals surface area contributed by atoms with Gasteiger partial charge in [-0.15, -0.1) is 11.3 Å². The maximum absolute atomic E-state index is 10.6. The zero-order chi connectivity index (χ0) is 7.84. The number of aromatic nitrogens is 1. The lowest BCUT2D eigenvalue weighted by Gasteiger charge is -1.85. The van der Waals surface area contributed by atoms with Gasteiger partial charge in [0.1, 0.15) is 5.69 Å². The third-order valence-corrected chi connectivity index (χ3v) is 2.71. The van der Waals surface area contributed by atoms with Gasteiger partial charge in [0.25, 0.3) is 5.91 Å². The van der Waals surface area contributed by atoms with Crippen LogP contribution in [0.1, 0.15) is 34.3 Å². The second-order valence-corrected chi connectivity index (χ2v) is 3.60. The Bertz CT molecular complexity index is 290. The molecule has 0 aromatic carbocycles. The summed E-state index contributed by atoms with van der Waals surface area (Å²) in [5.41, 5.74) is 5.47. The summed E-state index contributed by atoms with van der Waals surface area (Å²) in [4.78, 5) is 14.7. The van der Waals surface area contributed by atoms with Crippen molar-refractivity contribution >= 4 is 17.2 Å². The number of primary amides is 1. The number of carbonyl (C=O) groups is 1. The van der Waals surface area contributed by atoms with Gasteiger partial charge in [0.2, 0.25) is 0 Å². The summed E-state index contributed by atoms with van der Waals surface area (Å²) in [6, 6.07) is 0. The molecular weight excluding hydrogens is 160 g/mol. The second kappa shape index (κ2) is 2.30. The highest BCUT2D eigenvalue weighted by molar-refractivity contribution is 7.10. The number of hydrogen-bond donors (Lipinski definition) is 1. The molecule has 0 bridgehead atoms. The number of rotatable bonds is 2. The lowest BCUT2D eigenvalue weighted by Crippen LogP contribution is -2.11. The van der Waals surface area contributed by atoms with Crippen LogP contribution in [0.3, 0.4) is 0 Å². The van der Waals surface area contributed by atoms with Gasteiger partial charge in [0, 0.05) is 11.3 Å². The van der Waals surface area contributed by atoms with Gasteiger partial charge >= 0.3 is 0 Å². The molecule has 1 aromatic heterocycles. The van der Waals surface area contributed by atoms with Crippen molar-refractivity contribution in [3.8, 4) is 0 Å². The van der Waals surface area contributed by atoms with E-state index in [2.05, 4.69) is 4.98 Å². The van der Waals surface area contributed by atoms with Crippen molar-refractivity contribution in [2.45, 2.75) is 18.8 Å². The molecule has 3 nitrogen and oxygen atoms in total. The molecule has 0 spiro atoms. The largest absolute Gasteiger partial charge is 0.364 e. The quantitative estimate of drug-likeness (QED) is 0.719. The minimum atomic E-state index is -0.423. The van der Waals surface area contributed by atoms with Gasteiger partial charge in [-0.25, -0.2) is 4.98 Å². The minimum Gasteiger partial charge on any atom is -0.364 e. The van der Waals surface area contributed by atoms with Crippen molar-refractivity contribution in [1.29, 1.82) is 0 Å². The van der Waals surface area contributed by atoms with E-state index in [-0.39, 0.29) is 0 Å². The molecule has 58 valence electrons. The fourth-order valence-corrected chi connectivity index (χ4v) is 1.90. The molecule has 1 aliphatic carbocycles. The number of nitrogens with zero attached hydrogens (tertiary/aromatic N) is 1. The van der Waals surface area contributed by atoms with Gasteiger partial charge in [-0.3, -0.25) is 4.79 Å². The van der Waals surface area contributed by atoms with Crippen LogP contribution in [-0.2, 0) is 0 Å². The summed E-state index contributed by atoms with van der Waals surface area (Å²) in [6.07, 6.45) is 2.43. The van der Waals surface area contributed by atoms with Crippen LogP contribution in [0.2, 0.25) is 0 Å². The molecule has 11 heavy (non-hydrogen) atoms.